The van der Waals surface area contributed by atoms with E-state index in [2.05, 4.69) is 15.5 Å². The van der Waals surface area contributed by atoms with Crippen molar-refractivity contribution in [1.29, 1.82) is 0 Å². The van der Waals surface area contributed by atoms with Gasteiger partial charge in [0, 0.05) is 15.3 Å². The molecular formula is C20H15F2N3O2S. The summed E-state index contributed by atoms with van der Waals surface area (Å²) in [4.78, 5) is 19.5. The van der Waals surface area contributed by atoms with E-state index in [4.69, 9.17) is 4.52 Å². The number of nitrogens with one attached hydrogen (secondary N) is 1. The molecule has 0 bridgehead atoms. The van der Waals surface area contributed by atoms with Gasteiger partial charge in [-0.25, -0.2) is 13.8 Å². The van der Waals surface area contributed by atoms with E-state index < -0.39 is 23.2 Å². The third-order valence-corrected chi connectivity index (χ3v) is 5.35. The zero-order valence-corrected chi connectivity index (χ0v) is 16.1. The lowest BCUT2D eigenvalue weighted by Gasteiger charge is -2.09. The van der Waals surface area contributed by atoms with Gasteiger partial charge in [-0.3, -0.25) is 4.79 Å². The summed E-state index contributed by atoms with van der Waals surface area (Å²) in [5.41, 5.74) is 1.73. The number of hydrogen-bond donors (Lipinski definition) is 1. The minimum Gasteiger partial charge on any atom is -0.335 e. The standard InChI is InChI=1S/C20H15F2N3O2S/c1-9-7-12(11(3)28-9)16-8-13(17-10(2)25-27-20(17)23-16)19(26)24-18-14(21)5-4-6-15(18)22/h4-8H,1-3H3,(H,24,26). The van der Waals surface area contributed by atoms with Crippen molar-refractivity contribution in [3.05, 3.63) is 63.0 Å². The summed E-state index contributed by atoms with van der Waals surface area (Å²) in [5.74, 6) is -2.39. The summed E-state index contributed by atoms with van der Waals surface area (Å²) in [6.07, 6.45) is 0. The first-order chi connectivity index (χ1) is 13.3. The number of nitrogens with zero attached hydrogens (tertiary/aromatic N) is 2. The number of pyridine rings is 1. The van der Waals surface area contributed by atoms with E-state index >= 15 is 0 Å². The van der Waals surface area contributed by atoms with Gasteiger partial charge in [-0.1, -0.05) is 11.2 Å². The summed E-state index contributed by atoms with van der Waals surface area (Å²) < 4.78 is 33.2. The van der Waals surface area contributed by atoms with Crippen molar-refractivity contribution in [3.63, 3.8) is 0 Å². The van der Waals surface area contributed by atoms with Gasteiger partial charge in [0.25, 0.3) is 11.6 Å². The molecule has 1 N–H and O–H groups in total. The molecule has 5 nitrogen and oxygen atoms in total. The van der Waals surface area contributed by atoms with Gasteiger partial charge in [0.1, 0.15) is 17.3 Å². The second kappa shape index (κ2) is 6.79. The van der Waals surface area contributed by atoms with E-state index in [0.29, 0.717) is 16.8 Å². The smallest absolute Gasteiger partial charge is 0.259 e. The van der Waals surface area contributed by atoms with E-state index in [0.717, 1.165) is 27.5 Å². The summed E-state index contributed by atoms with van der Waals surface area (Å²) in [7, 11) is 0. The van der Waals surface area contributed by atoms with Crippen molar-refractivity contribution < 1.29 is 18.1 Å². The van der Waals surface area contributed by atoms with Crippen LogP contribution in [0.25, 0.3) is 22.4 Å². The maximum atomic E-state index is 14.0. The van der Waals surface area contributed by atoms with Crippen LogP contribution in [-0.2, 0) is 0 Å². The fourth-order valence-corrected chi connectivity index (χ4v) is 4.03. The Labute approximate surface area is 163 Å². The highest BCUT2D eigenvalue weighted by molar-refractivity contribution is 7.12. The number of carbonyl (C=O) groups excluding carboxylic acids is 1. The molecule has 0 aliphatic heterocycles. The largest absolute Gasteiger partial charge is 0.335 e. The molecule has 142 valence electrons. The quantitative estimate of drug-likeness (QED) is 0.500. The minimum absolute atomic E-state index is 0.185. The molecular weight excluding hydrogens is 384 g/mol. The Morgan fingerprint density at radius 1 is 1.14 bits per heavy atom. The fourth-order valence-electron chi connectivity index (χ4n) is 3.09. The molecule has 0 aliphatic carbocycles. The summed E-state index contributed by atoms with van der Waals surface area (Å²) in [6.45, 7) is 5.61. The van der Waals surface area contributed by atoms with E-state index in [1.54, 1.807) is 24.3 Å². The molecule has 0 fully saturated rings. The summed E-state index contributed by atoms with van der Waals surface area (Å²) in [5, 5.41) is 6.60. The number of para-hydroxylation sites is 1. The van der Waals surface area contributed by atoms with Crippen LogP contribution in [0.1, 0.15) is 25.8 Å². The molecule has 0 radical (unpaired) electrons. The number of halogens is 2. The molecule has 8 heteroatoms. The van der Waals surface area contributed by atoms with Crippen molar-refractivity contribution in [2.75, 3.05) is 5.32 Å². The van der Waals surface area contributed by atoms with Crippen molar-refractivity contribution in [2.45, 2.75) is 20.8 Å². The van der Waals surface area contributed by atoms with Crippen LogP contribution in [0.3, 0.4) is 0 Å². The Hall–Kier alpha value is -3.13. The van der Waals surface area contributed by atoms with Crippen molar-refractivity contribution in [1.82, 2.24) is 10.1 Å². The second-order valence-corrected chi connectivity index (χ2v) is 7.84. The van der Waals surface area contributed by atoms with Gasteiger partial charge in [0.15, 0.2) is 0 Å². The van der Waals surface area contributed by atoms with Gasteiger partial charge < -0.3 is 9.84 Å². The highest BCUT2D eigenvalue weighted by Crippen LogP contribution is 2.33. The first kappa shape index (κ1) is 18.2. The zero-order chi connectivity index (χ0) is 20.0. The van der Waals surface area contributed by atoms with E-state index in [1.807, 2.05) is 19.9 Å². The first-order valence-corrected chi connectivity index (χ1v) is 9.26. The molecule has 0 saturated carbocycles. The highest BCUT2D eigenvalue weighted by Gasteiger charge is 2.22. The number of hydrogen-bond acceptors (Lipinski definition) is 5. The molecule has 0 spiro atoms. The second-order valence-electron chi connectivity index (χ2n) is 6.38. The molecule has 0 unspecified atom stereocenters. The molecule has 28 heavy (non-hydrogen) atoms. The Morgan fingerprint density at radius 3 is 2.50 bits per heavy atom. The van der Waals surface area contributed by atoms with E-state index in [-0.39, 0.29) is 11.3 Å². The molecule has 3 aromatic heterocycles. The Morgan fingerprint density at radius 2 is 1.86 bits per heavy atom. The lowest BCUT2D eigenvalue weighted by molar-refractivity contribution is 0.102. The number of aromatic nitrogens is 2. The number of carbonyl (C=O) groups is 1. The molecule has 1 aromatic carbocycles. The van der Waals surface area contributed by atoms with Crippen LogP contribution in [0.5, 0.6) is 0 Å². The number of anilines is 1. The average molecular weight is 399 g/mol. The van der Waals surface area contributed by atoms with Gasteiger partial charge in [0.05, 0.1) is 22.3 Å². The molecule has 4 aromatic rings. The van der Waals surface area contributed by atoms with E-state index in [9.17, 15) is 13.6 Å². The average Bonchev–Trinajstić information content (AvgIpc) is 3.19. The molecule has 4 rings (SSSR count). The maximum Gasteiger partial charge on any atom is 0.259 e. The fraction of sp³-hybridized carbons (Fsp3) is 0.150. The van der Waals surface area contributed by atoms with Crippen LogP contribution in [0.2, 0.25) is 0 Å². The summed E-state index contributed by atoms with van der Waals surface area (Å²) >= 11 is 1.61. The molecule has 1 amide bonds. The number of amides is 1. The van der Waals surface area contributed by atoms with E-state index in [1.165, 1.54) is 6.07 Å². The topological polar surface area (TPSA) is 68.0 Å². The molecule has 0 aliphatic rings. The van der Waals surface area contributed by atoms with Crippen LogP contribution in [0.4, 0.5) is 14.5 Å². The zero-order valence-electron chi connectivity index (χ0n) is 15.3. The monoisotopic (exact) mass is 399 g/mol. The van der Waals surface area contributed by atoms with Crippen LogP contribution in [-0.4, -0.2) is 16.0 Å². The van der Waals surface area contributed by atoms with Crippen LogP contribution in [0, 0.1) is 32.4 Å². The number of rotatable bonds is 3. The molecule has 3 heterocycles. The number of aryl methyl sites for hydroxylation is 3. The Kier molecular flexibility index (Phi) is 4.43. The Balaban J connectivity index is 1.86. The molecule has 0 saturated heterocycles. The van der Waals surface area contributed by atoms with Crippen LogP contribution < -0.4 is 5.32 Å². The van der Waals surface area contributed by atoms with Gasteiger partial charge in [-0.05, 0) is 45.0 Å². The van der Waals surface area contributed by atoms with Crippen molar-refractivity contribution in [3.8, 4) is 11.3 Å². The third-order valence-electron chi connectivity index (χ3n) is 4.38. The minimum atomic E-state index is -0.856. The SMILES string of the molecule is Cc1cc(-c2cc(C(=O)Nc3c(F)cccc3F)c3c(C)noc3n2)c(C)s1. The van der Waals surface area contributed by atoms with Gasteiger partial charge >= 0.3 is 0 Å². The number of benzene rings is 1. The Bertz CT molecular complexity index is 1210. The van der Waals surface area contributed by atoms with Crippen LogP contribution >= 0.6 is 11.3 Å². The maximum absolute atomic E-state index is 14.0. The van der Waals surface area contributed by atoms with Crippen molar-refractivity contribution >= 4 is 34.0 Å². The van der Waals surface area contributed by atoms with Crippen LogP contribution in [0.15, 0.2) is 34.9 Å². The number of fused-ring (bicyclic) bond motifs is 1. The predicted octanol–water partition coefficient (Wildman–Crippen LogP) is 5.41. The summed E-state index contributed by atoms with van der Waals surface area (Å²) in [6, 6.07) is 6.95. The van der Waals surface area contributed by atoms with Crippen molar-refractivity contribution in [2.24, 2.45) is 0 Å². The lowest BCUT2D eigenvalue weighted by Crippen LogP contribution is -2.15. The number of thiophene rings is 1. The van der Waals surface area contributed by atoms with Gasteiger partial charge in [-0.15, -0.1) is 11.3 Å². The highest BCUT2D eigenvalue weighted by atomic mass is 32.1. The molecule has 0 atom stereocenters. The van der Waals surface area contributed by atoms with Gasteiger partial charge in [0.2, 0.25) is 0 Å². The normalized spacial score (nSPS) is 11.2. The third kappa shape index (κ3) is 3.05. The lowest BCUT2D eigenvalue weighted by atomic mass is 10.1. The first-order valence-electron chi connectivity index (χ1n) is 8.45. The van der Waals surface area contributed by atoms with Gasteiger partial charge in [-0.2, -0.15) is 0 Å². The predicted molar refractivity (Wildman–Crippen MR) is 104 cm³/mol.